The van der Waals surface area contributed by atoms with E-state index in [0.29, 0.717) is 5.02 Å². The van der Waals surface area contributed by atoms with Gasteiger partial charge in [-0.1, -0.05) is 35.9 Å². The van der Waals surface area contributed by atoms with E-state index in [0.717, 1.165) is 32.5 Å². The average molecular weight is 355 g/mol. The second-order valence-electron chi connectivity index (χ2n) is 4.81. The van der Waals surface area contributed by atoms with Gasteiger partial charge in [0.05, 0.1) is 18.2 Å². The summed E-state index contributed by atoms with van der Waals surface area (Å²) in [6, 6.07) is 9.63. The van der Waals surface area contributed by atoms with Gasteiger partial charge in [-0.05, 0) is 58.1 Å². The van der Waals surface area contributed by atoms with Crippen LogP contribution in [0, 0.1) is 13.8 Å². The van der Waals surface area contributed by atoms with Gasteiger partial charge in [0.25, 0.3) is 0 Å². The SMILES string of the molecule is COc1c(C)cc(C(N)c2cccc(Br)c2Cl)cc1C. The molecule has 2 N–H and O–H groups in total. The van der Waals surface area contributed by atoms with Crippen molar-refractivity contribution in [3.05, 3.63) is 62.1 Å². The van der Waals surface area contributed by atoms with E-state index in [9.17, 15) is 0 Å². The highest BCUT2D eigenvalue weighted by Crippen LogP contribution is 2.34. The van der Waals surface area contributed by atoms with Gasteiger partial charge >= 0.3 is 0 Å². The lowest BCUT2D eigenvalue weighted by Crippen LogP contribution is -2.13. The van der Waals surface area contributed by atoms with Gasteiger partial charge in [0.1, 0.15) is 5.75 Å². The summed E-state index contributed by atoms with van der Waals surface area (Å²) >= 11 is 9.76. The van der Waals surface area contributed by atoms with E-state index >= 15 is 0 Å². The molecule has 0 radical (unpaired) electrons. The third-order valence-electron chi connectivity index (χ3n) is 3.36. The highest BCUT2D eigenvalue weighted by atomic mass is 79.9. The molecule has 1 atom stereocenters. The predicted octanol–water partition coefficient (Wildman–Crippen LogP) is 4.78. The second kappa shape index (κ2) is 6.17. The summed E-state index contributed by atoms with van der Waals surface area (Å²) in [5, 5.41) is 0.658. The van der Waals surface area contributed by atoms with Gasteiger partial charge in [-0.2, -0.15) is 0 Å². The number of hydrogen-bond donors (Lipinski definition) is 1. The molecule has 0 aromatic heterocycles. The number of ether oxygens (including phenoxy) is 1. The number of halogens is 2. The minimum absolute atomic E-state index is 0.261. The van der Waals surface area contributed by atoms with Crippen molar-refractivity contribution in [2.24, 2.45) is 5.73 Å². The highest BCUT2D eigenvalue weighted by Gasteiger charge is 2.16. The number of benzene rings is 2. The Balaban J connectivity index is 2.49. The minimum atomic E-state index is -0.261. The summed E-state index contributed by atoms with van der Waals surface area (Å²) in [6.07, 6.45) is 0. The Morgan fingerprint density at radius 3 is 2.35 bits per heavy atom. The van der Waals surface area contributed by atoms with E-state index in [-0.39, 0.29) is 6.04 Å². The van der Waals surface area contributed by atoms with Crippen LogP contribution in [0.4, 0.5) is 0 Å². The number of aryl methyl sites for hydroxylation is 2. The van der Waals surface area contributed by atoms with Gasteiger partial charge in [0.15, 0.2) is 0 Å². The number of hydrogen-bond acceptors (Lipinski definition) is 2. The van der Waals surface area contributed by atoms with Crippen molar-refractivity contribution < 1.29 is 4.74 Å². The maximum absolute atomic E-state index is 6.37. The maximum atomic E-state index is 6.37. The molecule has 4 heteroatoms. The lowest BCUT2D eigenvalue weighted by molar-refractivity contribution is 0.408. The predicted molar refractivity (Wildman–Crippen MR) is 87.7 cm³/mol. The molecular formula is C16H17BrClNO. The first-order chi connectivity index (χ1) is 9.45. The molecule has 2 aromatic rings. The van der Waals surface area contributed by atoms with Gasteiger partial charge < -0.3 is 10.5 Å². The Bertz CT molecular complexity index is 619. The van der Waals surface area contributed by atoms with Crippen LogP contribution >= 0.6 is 27.5 Å². The van der Waals surface area contributed by atoms with E-state index in [1.165, 1.54) is 0 Å². The normalized spacial score (nSPS) is 12.3. The summed E-state index contributed by atoms with van der Waals surface area (Å²) in [7, 11) is 1.68. The molecule has 0 bridgehead atoms. The van der Waals surface area contributed by atoms with Crippen LogP contribution in [0.3, 0.4) is 0 Å². The topological polar surface area (TPSA) is 35.2 Å². The molecule has 0 spiro atoms. The van der Waals surface area contributed by atoms with Gasteiger partial charge in [-0.3, -0.25) is 0 Å². The first-order valence-corrected chi connectivity index (χ1v) is 7.47. The fourth-order valence-corrected chi connectivity index (χ4v) is 3.05. The molecule has 0 saturated carbocycles. The van der Waals surface area contributed by atoms with Crippen molar-refractivity contribution >= 4 is 27.5 Å². The molecule has 0 aliphatic heterocycles. The van der Waals surface area contributed by atoms with Crippen LogP contribution in [0.25, 0.3) is 0 Å². The molecule has 0 aliphatic rings. The van der Waals surface area contributed by atoms with E-state index in [1.54, 1.807) is 7.11 Å². The third kappa shape index (κ3) is 2.85. The number of nitrogens with two attached hydrogens (primary N) is 1. The Morgan fingerprint density at radius 1 is 1.20 bits per heavy atom. The molecule has 106 valence electrons. The van der Waals surface area contributed by atoms with Crippen LogP contribution in [-0.2, 0) is 0 Å². The Labute approximate surface area is 133 Å². The molecule has 0 aliphatic carbocycles. The molecular weight excluding hydrogens is 338 g/mol. The zero-order valence-electron chi connectivity index (χ0n) is 11.7. The molecule has 0 saturated heterocycles. The summed E-state index contributed by atoms with van der Waals surface area (Å²) in [5.41, 5.74) is 10.5. The molecule has 0 fully saturated rings. The largest absolute Gasteiger partial charge is 0.496 e. The maximum Gasteiger partial charge on any atom is 0.124 e. The smallest absolute Gasteiger partial charge is 0.124 e. The zero-order valence-corrected chi connectivity index (χ0v) is 14.0. The molecule has 1 unspecified atom stereocenters. The van der Waals surface area contributed by atoms with Crippen molar-refractivity contribution in [2.75, 3.05) is 7.11 Å². The monoisotopic (exact) mass is 353 g/mol. The fourth-order valence-electron chi connectivity index (χ4n) is 2.43. The molecule has 0 amide bonds. The molecule has 20 heavy (non-hydrogen) atoms. The van der Waals surface area contributed by atoms with E-state index in [4.69, 9.17) is 22.1 Å². The van der Waals surface area contributed by atoms with Crippen molar-refractivity contribution in [2.45, 2.75) is 19.9 Å². The van der Waals surface area contributed by atoms with E-state index < -0.39 is 0 Å². The first kappa shape index (κ1) is 15.4. The number of rotatable bonds is 3. The Morgan fingerprint density at radius 2 is 1.80 bits per heavy atom. The van der Waals surface area contributed by atoms with Crippen LogP contribution in [0.15, 0.2) is 34.8 Å². The van der Waals surface area contributed by atoms with Crippen LogP contribution in [-0.4, -0.2) is 7.11 Å². The Hall–Kier alpha value is -1.03. The molecule has 2 aromatic carbocycles. The van der Waals surface area contributed by atoms with Crippen LogP contribution < -0.4 is 10.5 Å². The van der Waals surface area contributed by atoms with Gasteiger partial charge in [-0.25, -0.2) is 0 Å². The summed E-state index contributed by atoms with van der Waals surface area (Å²) in [5.74, 6) is 0.904. The minimum Gasteiger partial charge on any atom is -0.496 e. The third-order valence-corrected chi connectivity index (χ3v) is 4.67. The fraction of sp³-hybridized carbons (Fsp3) is 0.250. The molecule has 2 nitrogen and oxygen atoms in total. The quantitative estimate of drug-likeness (QED) is 0.861. The molecule has 0 heterocycles. The first-order valence-electron chi connectivity index (χ1n) is 6.30. The van der Waals surface area contributed by atoms with Crippen LogP contribution in [0.2, 0.25) is 5.02 Å². The summed E-state index contributed by atoms with van der Waals surface area (Å²) in [6.45, 7) is 4.04. The summed E-state index contributed by atoms with van der Waals surface area (Å²) < 4.78 is 6.24. The van der Waals surface area contributed by atoms with Crippen molar-refractivity contribution in [3.63, 3.8) is 0 Å². The standard InChI is InChI=1S/C16H17BrClNO/c1-9-7-11(8-10(2)16(9)20-3)15(19)12-5-4-6-13(17)14(12)18/h4-8,15H,19H2,1-3H3. The highest BCUT2D eigenvalue weighted by molar-refractivity contribution is 9.10. The van der Waals surface area contributed by atoms with Crippen molar-refractivity contribution in [1.29, 1.82) is 0 Å². The van der Waals surface area contributed by atoms with Gasteiger partial charge in [0, 0.05) is 4.47 Å². The van der Waals surface area contributed by atoms with Crippen molar-refractivity contribution in [1.82, 2.24) is 0 Å². The van der Waals surface area contributed by atoms with E-state index in [2.05, 4.69) is 15.9 Å². The number of methoxy groups -OCH3 is 1. The summed E-state index contributed by atoms with van der Waals surface area (Å²) in [4.78, 5) is 0. The second-order valence-corrected chi connectivity index (χ2v) is 6.04. The van der Waals surface area contributed by atoms with Crippen LogP contribution in [0.1, 0.15) is 28.3 Å². The lowest BCUT2D eigenvalue weighted by Gasteiger charge is -2.18. The van der Waals surface area contributed by atoms with Crippen LogP contribution in [0.5, 0.6) is 5.75 Å². The average Bonchev–Trinajstić information content (AvgIpc) is 2.41. The van der Waals surface area contributed by atoms with Crippen molar-refractivity contribution in [3.8, 4) is 5.75 Å². The van der Waals surface area contributed by atoms with Gasteiger partial charge in [0.2, 0.25) is 0 Å². The molecule has 2 rings (SSSR count). The zero-order chi connectivity index (χ0) is 14.9. The van der Waals surface area contributed by atoms with Gasteiger partial charge in [-0.15, -0.1) is 0 Å². The Kier molecular flexibility index (Phi) is 4.74. The van der Waals surface area contributed by atoms with E-state index in [1.807, 2.05) is 44.2 Å². The lowest BCUT2D eigenvalue weighted by atomic mass is 9.95.